The normalized spacial score (nSPS) is 19.6. The minimum absolute atomic E-state index is 0.0365. The fraction of sp³-hybridized carbons (Fsp3) is 0.409. The zero-order valence-corrected chi connectivity index (χ0v) is 19.2. The van der Waals surface area contributed by atoms with Crippen LogP contribution in [0.3, 0.4) is 0 Å². The number of aryl methyl sites for hydroxylation is 1. The molecule has 0 saturated carbocycles. The van der Waals surface area contributed by atoms with Crippen molar-refractivity contribution in [2.24, 2.45) is 5.11 Å². The van der Waals surface area contributed by atoms with Crippen molar-refractivity contribution in [3.05, 3.63) is 78.9 Å². The first kappa shape index (κ1) is 26.2. The largest absolute Gasteiger partial charge is 0.480 e. The van der Waals surface area contributed by atoms with Crippen molar-refractivity contribution in [1.82, 2.24) is 14.9 Å². The lowest BCUT2D eigenvalue weighted by atomic mass is 10.1. The second kappa shape index (κ2) is 11.8. The fourth-order valence-electron chi connectivity index (χ4n) is 3.73. The summed E-state index contributed by atoms with van der Waals surface area (Å²) in [6, 6.07) is 6.46. The number of nitrogens with one attached hydrogen (secondary N) is 2. The van der Waals surface area contributed by atoms with Gasteiger partial charge in [0.15, 0.2) is 0 Å². The molecule has 2 aromatic rings. The van der Waals surface area contributed by atoms with Gasteiger partial charge in [0.1, 0.15) is 18.8 Å². The average Bonchev–Trinajstić information content (AvgIpc) is 3.22. The van der Waals surface area contributed by atoms with Gasteiger partial charge in [0.05, 0.1) is 18.7 Å². The zero-order valence-electron chi connectivity index (χ0n) is 19.2. The van der Waals surface area contributed by atoms with Gasteiger partial charge >= 0.3 is 23.5 Å². The summed E-state index contributed by atoms with van der Waals surface area (Å²) in [6.45, 7) is 1.14. The molecule has 1 aromatic heterocycles. The molecule has 1 aliphatic rings. The minimum Gasteiger partial charge on any atom is -0.480 e. The van der Waals surface area contributed by atoms with E-state index in [4.69, 9.17) is 15.0 Å². The van der Waals surface area contributed by atoms with Crippen LogP contribution in [-0.2, 0) is 36.8 Å². The number of aromatic nitrogens is 2. The first-order chi connectivity index (χ1) is 17.2. The average molecular weight is 500 g/mol. The van der Waals surface area contributed by atoms with Crippen molar-refractivity contribution < 1.29 is 29.0 Å². The molecule has 4 atom stereocenters. The van der Waals surface area contributed by atoms with E-state index in [0.29, 0.717) is 11.1 Å². The second-order valence-corrected chi connectivity index (χ2v) is 8.18. The van der Waals surface area contributed by atoms with Gasteiger partial charge in [-0.25, -0.2) is 14.4 Å². The molecule has 0 spiro atoms. The Kier molecular flexibility index (Phi) is 8.60. The third-order valence-electron chi connectivity index (χ3n) is 5.54. The van der Waals surface area contributed by atoms with Crippen LogP contribution in [0.25, 0.3) is 10.4 Å². The molecular formula is C22H24N6O8. The number of rotatable bonds is 9. The van der Waals surface area contributed by atoms with Gasteiger partial charge in [-0.2, -0.15) is 0 Å². The fourth-order valence-corrected chi connectivity index (χ4v) is 3.73. The molecule has 0 radical (unpaired) electrons. The van der Waals surface area contributed by atoms with Gasteiger partial charge in [-0.1, -0.05) is 35.4 Å². The number of carbonyl (C=O) groups excluding carboxylic acids is 2. The van der Waals surface area contributed by atoms with E-state index in [-0.39, 0.29) is 19.4 Å². The quantitative estimate of drug-likeness (QED) is 0.140. The Morgan fingerprint density at radius 2 is 2.06 bits per heavy atom. The molecule has 2 heterocycles. The van der Waals surface area contributed by atoms with Crippen LogP contribution in [0.4, 0.5) is 0 Å². The van der Waals surface area contributed by atoms with Crippen LogP contribution < -0.4 is 16.6 Å². The maximum Gasteiger partial charge on any atom is 0.396 e. The molecule has 3 rings (SSSR count). The Balaban J connectivity index is 1.58. The van der Waals surface area contributed by atoms with Crippen molar-refractivity contribution in [2.45, 2.75) is 50.6 Å². The first-order valence-corrected chi connectivity index (χ1v) is 10.9. The van der Waals surface area contributed by atoms with Crippen LogP contribution in [0, 0.1) is 6.92 Å². The van der Waals surface area contributed by atoms with E-state index in [1.54, 1.807) is 30.3 Å². The van der Waals surface area contributed by atoms with Gasteiger partial charge in [0.25, 0.3) is 5.56 Å². The van der Waals surface area contributed by atoms with Gasteiger partial charge in [-0.3, -0.25) is 19.1 Å². The van der Waals surface area contributed by atoms with E-state index in [0.717, 1.165) is 0 Å². The number of carboxylic acids is 1. The molecular weight excluding hydrogens is 476 g/mol. The van der Waals surface area contributed by atoms with E-state index in [2.05, 4.69) is 20.3 Å². The number of hydrogen-bond donors (Lipinski definition) is 3. The van der Waals surface area contributed by atoms with Crippen LogP contribution in [0.5, 0.6) is 0 Å². The van der Waals surface area contributed by atoms with E-state index in [1.807, 2.05) is 0 Å². The molecule has 1 amide bonds. The molecule has 1 aromatic carbocycles. The van der Waals surface area contributed by atoms with Crippen molar-refractivity contribution in [3.63, 3.8) is 0 Å². The van der Waals surface area contributed by atoms with Gasteiger partial charge in [-0.15, -0.1) is 0 Å². The van der Waals surface area contributed by atoms with E-state index >= 15 is 0 Å². The summed E-state index contributed by atoms with van der Waals surface area (Å²) >= 11 is 0. The Labute approximate surface area is 203 Å². The van der Waals surface area contributed by atoms with Crippen molar-refractivity contribution in [3.8, 4) is 0 Å². The number of ether oxygens (including phenoxy) is 2. The van der Waals surface area contributed by atoms with Gasteiger partial charge in [0, 0.05) is 23.1 Å². The predicted molar refractivity (Wildman–Crippen MR) is 123 cm³/mol. The molecule has 3 N–H and O–H groups in total. The molecule has 1 aliphatic heterocycles. The first-order valence-electron chi connectivity index (χ1n) is 10.9. The number of aromatic amines is 1. The standard InChI is InChI=1S/C22H24N6O8/c1-12-9-28(22(34)25-18(12)29)10-14-8-15(26-27-23)17(36-14)11-35-21(33)19(30)24-16(20(31)32)7-13-5-3-2-4-6-13/h2-6,9,14-17H,7-8,10-11H2,1H3,(H,24,30)(H,31,32)(H,25,29,34)/t14-,15?,16+,17-/m1/s1. The lowest BCUT2D eigenvalue weighted by Gasteiger charge is -2.17. The van der Waals surface area contributed by atoms with Crippen LogP contribution in [0.2, 0.25) is 0 Å². The number of aliphatic carboxylic acids is 1. The minimum atomic E-state index is -1.35. The molecule has 36 heavy (non-hydrogen) atoms. The highest BCUT2D eigenvalue weighted by molar-refractivity contribution is 6.32. The van der Waals surface area contributed by atoms with Gasteiger partial charge < -0.3 is 19.9 Å². The summed E-state index contributed by atoms with van der Waals surface area (Å²) in [5.74, 6) is -3.89. The highest BCUT2D eigenvalue weighted by Gasteiger charge is 2.36. The number of hydrogen-bond acceptors (Lipinski definition) is 8. The number of esters is 1. The van der Waals surface area contributed by atoms with Crippen molar-refractivity contribution >= 4 is 17.8 Å². The molecule has 14 heteroatoms. The lowest BCUT2D eigenvalue weighted by molar-refractivity contribution is -0.159. The summed E-state index contributed by atoms with van der Waals surface area (Å²) in [4.78, 5) is 64.4. The molecule has 190 valence electrons. The topological polar surface area (TPSA) is 206 Å². The molecule has 0 bridgehead atoms. The molecule has 1 saturated heterocycles. The number of carbonyl (C=O) groups is 3. The Hall–Kier alpha value is -4.42. The van der Waals surface area contributed by atoms with E-state index in [9.17, 15) is 29.1 Å². The smallest absolute Gasteiger partial charge is 0.396 e. The van der Waals surface area contributed by atoms with E-state index < -0.39 is 60.0 Å². The Morgan fingerprint density at radius 3 is 2.72 bits per heavy atom. The predicted octanol–water partition coefficient (Wildman–Crippen LogP) is 0.0367. The number of H-pyrrole nitrogens is 1. The van der Waals surface area contributed by atoms with E-state index in [1.165, 1.54) is 17.7 Å². The third kappa shape index (κ3) is 6.81. The second-order valence-electron chi connectivity index (χ2n) is 8.18. The van der Waals surface area contributed by atoms with Gasteiger partial charge in [-0.05, 0) is 24.4 Å². The lowest BCUT2D eigenvalue weighted by Crippen LogP contribution is -2.46. The van der Waals surface area contributed by atoms with Crippen LogP contribution >= 0.6 is 0 Å². The maximum absolute atomic E-state index is 12.2. The molecule has 0 aliphatic carbocycles. The maximum atomic E-state index is 12.2. The monoisotopic (exact) mass is 500 g/mol. The van der Waals surface area contributed by atoms with Crippen LogP contribution in [0.15, 0.2) is 51.2 Å². The molecule has 1 unspecified atom stereocenters. The highest BCUT2D eigenvalue weighted by Crippen LogP contribution is 2.25. The number of amides is 1. The summed E-state index contributed by atoms with van der Waals surface area (Å²) in [5.41, 5.74) is 8.68. The summed E-state index contributed by atoms with van der Waals surface area (Å²) in [7, 11) is 0. The third-order valence-corrected chi connectivity index (χ3v) is 5.54. The number of nitrogens with zero attached hydrogens (tertiary/aromatic N) is 4. The number of benzene rings is 1. The zero-order chi connectivity index (χ0) is 26.2. The molecule has 14 nitrogen and oxygen atoms in total. The van der Waals surface area contributed by atoms with Crippen LogP contribution in [0.1, 0.15) is 17.5 Å². The number of carboxylic acid groups (broad SMARTS) is 1. The van der Waals surface area contributed by atoms with Crippen molar-refractivity contribution in [2.75, 3.05) is 6.61 Å². The van der Waals surface area contributed by atoms with Gasteiger partial charge in [0.2, 0.25) is 0 Å². The number of azide groups is 1. The Morgan fingerprint density at radius 1 is 1.33 bits per heavy atom. The van der Waals surface area contributed by atoms with Crippen molar-refractivity contribution in [1.29, 1.82) is 0 Å². The SMILES string of the molecule is Cc1cn(C[C@H]2CC(N=[N+]=[N-])[C@@H](COC(=O)C(=O)N[C@@H](Cc3ccccc3)C(=O)O)O2)c(=O)[nH]c1=O. The summed E-state index contributed by atoms with van der Waals surface area (Å²) in [5, 5.41) is 15.2. The Bertz CT molecular complexity index is 1280. The highest BCUT2D eigenvalue weighted by atomic mass is 16.6. The van der Waals surface area contributed by atoms with Crippen LogP contribution in [-0.4, -0.2) is 63.4 Å². The molecule has 1 fully saturated rings. The summed E-state index contributed by atoms with van der Waals surface area (Å²) in [6.07, 6.45) is 0.0241. The summed E-state index contributed by atoms with van der Waals surface area (Å²) < 4.78 is 12.0.